The molecule has 6 heteroatoms. The van der Waals surface area contributed by atoms with Gasteiger partial charge in [0.15, 0.2) is 5.71 Å². The van der Waals surface area contributed by atoms with Gasteiger partial charge in [0, 0.05) is 16.1 Å². The first kappa shape index (κ1) is 13.3. The summed E-state index contributed by atoms with van der Waals surface area (Å²) in [4.78, 5) is 11.8. The zero-order valence-electron chi connectivity index (χ0n) is 10.7. The number of rotatable bonds is 2. The number of fused-ring (bicyclic) bond motifs is 1. The molecule has 2 aromatic carbocycles. The fourth-order valence-corrected chi connectivity index (χ4v) is 2.16. The molecule has 0 aliphatic carbocycles. The lowest BCUT2D eigenvalue weighted by atomic mass is 10.1. The number of phenols is 1. The molecule has 0 saturated carbocycles. The molecule has 0 bridgehead atoms. The summed E-state index contributed by atoms with van der Waals surface area (Å²) in [5.74, 6) is -0.261. The molecule has 2 aromatic rings. The predicted molar refractivity (Wildman–Crippen MR) is 82.3 cm³/mol. The molecule has 104 valence electrons. The van der Waals surface area contributed by atoms with Crippen molar-refractivity contribution in [3.8, 4) is 5.75 Å². The number of nitrogens with zero attached hydrogens (tertiary/aromatic N) is 2. The molecule has 2 N–H and O–H groups in total. The van der Waals surface area contributed by atoms with Gasteiger partial charge >= 0.3 is 0 Å². The maximum absolute atomic E-state index is 11.8. The van der Waals surface area contributed by atoms with Crippen LogP contribution in [-0.4, -0.2) is 22.9 Å². The number of hydrogen-bond donors (Lipinski definition) is 2. The minimum absolute atomic E-state index is 0.0413. The van der Waals surface area contributed by atoms with E-state index in [1.54, 1.807) is 24.3 Å². The van der Waals surface area contributed by atoms with Crippen LogP contribution in [0.25, 0.3) is 0 Å². The first-order chi connectivity index (χ1) is 10.1. The number of phenolic OH excluding ortho intramolecular Hbond substituents is 1. The molecular formula is C15H10ClN3O2. The van der Waals surface area contributed by atoms with E-state index in [-0.39, 0.29) is 17.4 Å². The number of carbonyl (C=O) groups excluding carboxylic acids is 1. The standard InChI is InChI=1S/C15H10ClN3O2/c16-10-5-6-13(20)9(7-10)8-17-19-14-11-3-1-2-4-12(11)18-15(14)21/h1-8,20H,(H,18,19,21). The van der Waals surface area contributed by atoms with Crippen molar-refractivity contribution >= 4 is 35.1 Å². The molecule has 1 heterocycles. The van der Waals surface area contributed by atoms with Crippen LogP contribution in [-0.2, 0) is 4.79 Å². The number of hydrogen-bond acceptors (Lipinski definition) is 4. The Morgan fingerprint density at radius 1 is 1.19 bits per heavy atom. The van der Waals surface area contributed by atoms with E-state index >= 15 is 0 Å². The Bertz CT molecular complexity index is 784. The molecule has 5 nitrogen and oxygen atoms in total. The van der Waals surface area contributed by atoms with Gasteiger partial charge in [-0.3, -0.25) is 4.79 Å². The van der Waals surface area contributed by atoms with Crippen molar-refractivity contribution in [1.82, 2.24) is 0 Å². The van der Waals surface area contributed by atoms with Gasteiger partial charge in [-0.2, -0.15) is 5.10 Å². The van der Waals surface area contributed by atoms with Gasteiger partial charge in [0.1, 0.15) is 5.75 Å². The minimum atomic E-state index is -0.302. The number of amides is 1. The Balaban J connectivity index is 1.91. The molecule has 0 saturated heterocycles. The third-order valence-electron chi connectivity index (χ3n) is 2.99. The lowest BCUT2D eigenvalue weighted by Gasteiger charge is -1.97. The van der Waals surface area contributed by atoms with Gasteiger partial charge in [-0.15, -0.1) is 5.10 Å². The van der Waals surface area contributed by atoms with Crippen molar-refractivity contribution in [3.05, 3.63) is 58.6 Å². The van der Waals surface area contributed by atoms with Crippen LogP contribution in [0, 0.1) is 0 Å². The molecule has 0 spiro atoms. The van der Waals surface area contributed by atoms with E-state index in [0.29, 0.717) is 21.8 Å². The fraction of sp³-hybridized carbons (Fsp3) is 0. The number of halogens is 1. The second-order valence-corrected chi connectivity index (χ2v) is 4.83. The zero-order valence-corrected chi connectivity index (χ0v) is 11.5. The van der Waals surface area contributed by atoms with Gasteiger partial charge in [-0.05, 0) is 24.3 Å². The van der Waals surface area contributed by atoms with Gasteiger partial charge in [0.2, 0.25) is 0 Å². The Labute approximate surface area is 125 Å². The number of benzene rings is 2. The van der Waals surface area contributed by atoms with Crippen molar-refractivity contribution < 1.29 is 9.90 Å². The molecule has 3 rings (SSSR count). The number of nitrogens with one attached hydrogen (secondary N) is 1. The van der Waals surface area contributed by atoms with E-state index < -0.39 is 0 Å². The van der Waals surface area contributed by atoms with E-state index in [0.717, 1.165) is 0 Å². The van der Waals surface area contributed by atoms with E-state index in [1.165, 1.54) is 12.3 Å². The highest BCUT2D eigenvalue weighted by molar-refractivity contribution is 6.53. The summed E-state index contributed by atoms with van der Waals surface area (Å²) >= 11 is 5.84. The van der Waals surface area contributed by atoms with Crippen molar-refractivity contribution in [1.29, 1.82) is 0 Å². The molecule has 0 unspecified atom stereocenters. The Morgan fingerprint density at radius 3 is 2.86 bits per heavy atom. The normalized spacial score (nSPS) is 15.5. The molecular weight excluding hydrogens is 290 g/mol. The number of aromatic hydroxyl groups is 1. The number of para-hydroxylation sites is 1. The molecule has 1 aliphatic rings. The molecule has 0 radical (unpaired) electrons. The van der Waals surface area contributed by atoms with E-state index in [1.807, 2.05) is 12.1 Å². The molecule has 0 aromatic heterocycles. The first-order valence-corrected chi connectivity index (χ1v) is 6.53. The van der Waals surface area contributed by atoms with E-state index in [2.05, 4.69) is 15.5 Å². The largest absolute Gasteiger partial charge is 0.507 e. The van der Waals surface area contributed by atoms with Crippen molar-refractivity contribution in [2.75, 3.05) is 5.32 Å². The van der Waals surface area contributed by atoms with Gasteiger partial charge < -0.3 is 10.4 Å². The van der Waals surface area contributed by atoms with Crippen LogP contribution in [0.1, 0.15) is 11.1 Å². The quantitative estimate of drug-likeness (QED) is 0.661. The lowest BCUT2D eigenvalue weighted by Crippen LogP contribution is -2.13. The van der Waals surface area contributed by atoms with Crippen LogP contribution in [0.3, 0.4) is 0 Å². The van der Waals surface area contributed by atoms with Gasteiger partial charge in [-0.1, -0.05) is 29.8 Å². The molecule has 0 atom stereocenters. The monoisotopic (exact) mass is 299 g/mol. The number of anilines is 1. The summed E-state index contributed by atoms with van der Waals surface area (Å²) in [5, 5.41) is 20.6. The molecule has 21 heavy (non-hydrogen) atoms. The van der Waals surface area contributed by atoms with E-state index in [9.17, 15) is 9.90 Å². The lowest BCUT2D eigenvalue weighted by molar-refractivity contribution is -0.110. The molecule has 1 amide bonds. The van der Waals surface area contributed by atoms with Gasteiger partial charge in [0.05, 0.1) is 11.9 Å². The van der Waals surface area contributed by atoms with Crippen molar-refractivity contribution in [2.24, 2.45) is 10.2 Å². The molecule has 0 fully saturated rings. The molecule has 1 aliphatic heterocycles. The van der Waals surface area contributed by atoms with Crippen LogP contribution < -0.4 is 5.32 Å². The van der Waals surface area contributed by atoms with Gasteiger partial charge in [0.25, 0.3) is 5.91 Å². The Kier molecular flexibility index (Phi) is 3.41. The highest BCUT2D eigenvalue weighted by Gasteiger charge is 2.25. The SMILES string of the molecule is O=C1Nc2ccccc2/C1=N/N=Cc1cc(Cl)ccc1O. The Morgan fingerprint density at radius 2 is 2.00 bits per heavy atom. The summed E-state index contributed by atoms with van der Waals surface area (Å²) in [6, 6.07) is 11.8. The maximum atomic E-state index is 11.8. The van der Waals surface area contributed by atoms with Crippen molar-refractivity contribution in [3.63, 3.8) is 0 Å². The zero-order chi connectivity index (χ0) is 14.8. The highest BCUT2D eigenvalue weighted by atomic mass is 35.5. The third kappa shape index (κ3) is 2.64. The third-order valence-corrected chi connectivity index (χ3v) is 3.22. The first-order valence-electron chi connectivity index (χ1n) is 6.15. The van der Waals surface area contributed by atoms with Crippen LogP contribution in [0.4, 0.5) is 5.69 Å². The van der Waals surface area contributed by atoms with Crippen LogP contribution >= 0.6 is 11.6 Å². The van der Waals surface area contributed by atoms with Gasteiger partial charge in [-0.25, -0.2) is 0 Å². The fourth-order valence-electron chi connectivity index (χ4n) is 1.98. The average molecular weight is 300 g/mol. The summed E-state index contributed by atoms with van der Waals surface area (Å²) in [5.41, 5.74) is 2.08. The summed E-state index contributed by atoms with van der Waals surface area (Å²) in [6.07, 6.45) is 1.35. The van der Waals surface area contributed by atoms with Crippen molar-refractivity contribution in [2.45, 2.75) is 0 Å². The highest BCUT2D eigenvalue weighted by Crippen LogP contribution is 2.23. The second-order valence-electron chi connectivity index (χ2n) is 4.40. The van der Waals surface area contributed by atoms with E-state index in [4.69, 9.17) is 11.6 Å². The van der Waals surface area contributed by atoms with Crippen LogP contribution in [0.2, 0.25) is 5.02 Å². The summed E-state index contributed by atoms with van der Waals surface area (Å²) in [7, 11) is 0. The number of carbonyl (C=O) groups is 1. The topological polar surface area (TPSA) is 74.0 Å². The average Bonchev–Trinajstić information content (AvgIpc) is 2.79. The van der Waals surface area contributed by atoms with Crippen LogP contribution in [0.15, 0.2) is 52.7 Å². The summed E-state index contributed by atoms with van der Waals surface area (Å²) < 4.78 is 0. The summed E-state index contributed by atoms with van der Waals surface area (Å²) in [6.45, 7) is 0. The predicted octanol–water partition coefficient (Wildman–Crippen LogP) is 2.82. The minimum Gasteiger partial charge on any atom is -0.507 e. The van der Waals surface area contributed by atoms with Crippen LogP contribution in [0.5, 0.6) is 5.75 Å². The second kappa shape index (κ2) is 5.38. The maximum Gasteiger partial charge on any atom is 0.276 e. The Hall–Kier alpha value is -2.66. The smallest absolute Gasteiger partial charge is 0.276 e.